The molecule has 0 fully saturated rings. The SMILES string of the molecule is Cc1ccc(-c2nc(-c3c(N)n(C)c(=O)n(C)c3=O)cs2)c(C)c1. The van der Waals surface area contributed by atoms with E-state index in [1.807, 2.05) is 26.0 Å². The molecule has 3 aromatic rings. The first-order chi connectivity index (χ1) is 11.3. The van der Waals surface area contributed by atoms with Crippen LogP contribution in [0.3, 0.4) is 0 Å². The Morgan fingerprint density at radius 1 is 1.12 bits per heavy atom. The molecular weight excluding hydrogens is 324 g/mol. The Balaban J connectivity index is 2.19. The lowest BCUT2D eigenvalue weighted by atomic mass is 10.1. The lowest BCUT2D eigenvalue weighted by molar-refractivity contribution is 0.696. The molecule has 0 saturated carbocycles. The van der Waals surface area contributed by atoms with Gasteiger partial charge in [0.05, 0.1) is 5.69 Å². The number of hydrogen-bond acceptors (Lipinski definition) is 5. The number of hydrogen-bond donors (Lipinski definition) is 1. The van der Waals surface area contributed by atoms with Crippen molar-refractivity contribution in [2.24, 2.45) is 14.1 Å². The third-order valence-corrected chi connectivity index (χ3v) is 4.96. The van der Waals surface area contributed by atoms with Crippen molar-refractivity contribution in [3.05, 3.63) is 55.5 Å². The van der Waals surface area contributed by atoms with Gasteiger partial charge in [-0.25, -0.2) is 9.78 Å². The summed E-state index contributed by atoms with van der Waals surface area (Å²) in [4.78, 5) is 29.0. The van der Waals surface area contributed by atoms with Gasteiger partial charge in [0.15, 0.2) is 0 Å². The normalized spacial score (nSPS) is 11.0. The summed E-state index contributed by atoms with van der Waals surface area (Å²) in [6, 6.07) is 6.15. The van der Waals surface area contributed by atoms with Crippen molar-refractivity contribution in [2.75, 3.05) is 5.73 Å². The average Bonchev–Trinajstić information content (AvgIpc) is 3.00. The number of anilines is 1. The summed E-state index contributed by atoms with van der Waals surface area (Å²) < 4.78 is 2.30. The summed E-state index contributed by atoms with van der Waals surface area (Å²) in [5.41, 5.74) is 9.19. The van der Waals surface area contributed by atoms with Crippen LogP contribution in [0.15, 0.2) is 33.2 Å². The van der Waals surface area contributed by atoms with E-state index in [1.54, 1.807) is 5.38 Å². The third kappa shape index (κ3) is 2.46. The predicted molar refractivity (Wildman–Crippen MR) is 97.4 cm³/mol. The van der Waals surface area contributed by atoms with Crippen LogP contribution in [0.5, 0.6) is 0 Å². The van der Waals surface area contributed by atoms with Crippen LogP contribution in [0.4, 0.5) is 5.82 Å². The van der Waals surface area contributed by atoms with Gasteiger partial charge in [-0.2, -0.15) is 0 Å². The van der Waals surface area contributed by atoms with Crippen molar-refractivity contribution in [2.45, 2.75) is 13.8 Å². The Morgan fingerprint density at radius 2 is 1.83 bits per heavy atom. The fraction of sp³-hybridized carbons (Fsp3) is 0.235. The highest BCUT2D eigenvalue weighted by Gasteiger charge is 2.18. The number of nitrogens with zero attached hydrogens (tertiary/aromatic N) is 3. The fourth-order valence-electron chi connectivity index (χ4n) is 2.67. The summed E-state index contributed by atoms with van der Waals surface area (Å²) in [5, 5.41) is 2.62. The van der Waals surface area contributed by atoms with Gasteiger partial charge in [0.25, 0.3) is 5.56 Å². The van der Waals surface area contributed by atoms with E-state index in [0.29, 0.717) is 5.69 Å². The zero-order valence-electron chi connectivity index (χ0n) is 14.0. The van der Waals surface area contributed by atoms with Crippen molar-refractivity contribution in [3.63, 3.8) is 0 Å². The number of nitrogens with two attached hydrogens (primary N) is 1. The number of aryl methyl sites for hydroxylation is 2. The lowest BCUT2D eigenvalue weighted by Gasteiger charge is -2.09. The van der Waals surface area contributed by atoms with Gasteiger partial charge >= 0.3 is 5.69 Å². The van der Waals surface area contributed by atoms with E-state index in [0.717, 1.165) is 20.7 Å². The summed E-state index contributed by atoms with van der Waals surface area (Å²) in [6.45, 7) is 4.07. The molecule has 0 aliphatic rings. The second-order valence-electron chi connectivity index (χ2n) is 5.82. The Morgan fingerprint density at radius 3 is 2.50 bits per heavy atom. The highest BCUT2D eigenvalue weighted by molar-refractivity contribution is 7.13. The van der Waals surface area contributed by atoms with Crippen LogP contribution in [0, 0.1) is 13.8 Å². The molecule has 0 unspecified atom stereocenters. The molecule has 2 aromatic heterocycles. The highest BCUT2D eigenvalue weighted by atomic mass is 32.1. The molecule has 0 aliphatic carbocycles. The first kappa shape index (κ1) is 16.2. The van der Waals surface area contributed by atoms with E-state index in [2.05, 4.69) is 11.1 Å². The topological polar surface area (TPSA) is 82.9 Å². The van der Waals surface area contributed by atoms with Crippen molar-refractivity contribution in [1.82, 2.24) is 14.1 Å². The maximum Gasteiger partial charge on any atom is 0.332 e. The number of rotatable bonds is 2. The summed E-state index contributed by atoms with van der Waals surface area (Å²) >= 11 is 1.45. The van der Waals surface area contributed by atoms with Crippen molar-refractivity contribution in [3.8, 4) is 21.8 Å². The minimum absolute atomic E-state index is 0.126. The maximum atomic E-state index is 12.5. The predicted octanol–water partition coefficient (Wildman–Crippen LogP) is 2.07. The fourth-order valence-corrected chi connectivity index (χ4v) is 3.57. The van der Waals surface area contributed by atoms with E-state index in [4.69, 9.17) is 5.73 Å². The van der Waals surface area contributed by atoms with Crippen LogP contribution in [-0.2, 0) is 14.1 Å². The van der Waals surface area contributed by atoms with Crippen LogP contribution < -0.4 is 17.0 Å². The van der Waals surface area contributed by atoms with Gasteiger partial charge in [0.2, 0.25) is 0 Å². The Labute approximate surface area is 142 Å². The zero-order chi connectivity index (χ0) is 17.6. The average molecular weight is 342 g/mol. The molecular formula is C17H18N4O2S. The first-order valence-corrected chi connectivity index (χ1v) is 8.28. The van der Waals surface area contributed by atoms with Crippen molar-refractivity contribution >= 4 is 17.2 Å². The molecule has 0 bridgehead atoms. The van der Waals surface area contributed by atoms with E-state index in [-0.39, 0.29) is 11.4 Å². The maximum absolute atomic E-state index is 12.5. The monoisotopic (exact) mass is 342 g/mol. The third-order valence-electron chi connectivity index (χ3n) is 4.08. The molecule has 0 spiro atoms. The van der Waals surface area contributed by atoms with Crippen LogP contribution in [-0.4, -0.2) is 14.1 Å². The molecule has 1 aromatic carbocycles. The van der Waals surface area contributed by atoms with Crippen molar-refractivity contribution < 1.29 is 0 Å². The Bertz CT molecular complexity index is 1060. The van der Waals surface area contributed by atoms with Gasteiger partial charge in [-0.15, -0.1) is 11.3 Å². The van der Waals surface area contributed by atoms with E-state index >= 15 is 0 Å². The summed E-state index contributed by atoms with van der Waals surface area (Å²) in [6.07, 6.45) is 0. The smallest absolute Gasteiger partial charge is 0.332 e. The molecule has 2 N–H and O–H groups in total. The number of thiazole rings is 1. The van der Waals surface area contributed by atoms with E-state index in [1.165, 1.54) is 35.6 Å². The van der Waals surface area contributed by atoms with E-state index < -0.39 is 11.2 Å². The number of aromatic nitrogens is 3. The van der Waals surface area contributed by atoms with Gasteiger partial charge in [-0.3, -0.25) is 13.9 Å². The molecule has 0 aliphatic heterocycles. The standard InChI is InChI=1S/C17H18N4O2S/c1-9-5-6-11(10(2)7-9)15-19-12(8-24-15)13-14(18)20(3)17(23)21(4)16(13)22/h5-8H,18H2,1-4H3. The number of benzene rings is 1. The first-order valence-electron chi connectivity index (χ1n) is 7.40. The molecule has 0 amide bonds. The molecule has 124 valence electrons. The lowest BCUT2D eigenvalue weighted by Crippen LogP contribution is -2.39. The largest absolute Gasteiger partial charge is 0.384 e. The highest BCUT2D eigenvalue weighted by Crippen LogP contribution is 2.31. The Kier molecular flexibility index (Phi) is 3.88. The second-order valence-corrected chi connectivity index (χ2v) is 6.68. The van der Waals surface area contributed by atoms with Gasteiger partial charge < -0.3 is 5.73 Å². The van der Waals surface area contributed by atoms with E-state index in [9.17, 15) is 9.59 Å². The van der Waals surface area contributed by atoms with Crippen LogP contribution in [0.25, 0.3) is 21.8 Å². The van der Waals surface area contributed by atoms with Gasteiger partial charge in [0.1, 0.15) is 16.4 Å². The Hall–Kier alpha value is -2.67. The summed E-state index contributed by atoms with van der Waals surface area (Å²) in [5.74, 6) is 0.126. The molecule has 0 atom stereocenters. The molecule has 0 saturated heterocycles. The molecule has 3 rings (SSSR count). The van der Waals surface area contributed by atoms with Crippen LogP contribution >= 0.6 is 11.3 Å². The molecule has 6 nitrogen and oxygen atoms in total. The van der Waals surface area contributed by atoms with Crippen molar-refractivity contribution in [1.29, 1.82) is 0 Å². The number of nitrogen functional groups attached to an aromatic ring is 1. The van der Waals surface area contributed by atoms with Crippen LogP contribution in [0.2, 0.25) is 0 Å². The zero-order valence-corrected chi connectivity index (χ0v) is 14.8. The minimum atomic E-state index is -0.453. The molecule has 24 heavy (non-hydrogen) atoms. The summed E-state index contributed by atoms with van der Waals surface area (Å²) in [7, 11) is 2.98. The molecule has 0 radical (unpaired) electrons. The van der Waals surface area contributed by atoms with Gasteiger partial charge in [0, 0.05) is 25.0 Å². The molecule has 7 heteroatoms. The van der Waals surface area contributed by atoms with Crippen LogP contribution in [0.1, 0.15) is 11.1 Å². The second kappa shape index (κ2) is 5.76. The van der Waals surface area contributed by atoms with Gasteiger partial charge in [-0.05, 0) is 19.4 Å². The molecule has 2 heterocycles. The quantitative estimate of drug-likeness (QED) is 0.773. The van der Waals surface area contributed by atoms with Gasteiger partial charge in [-0.1, -0.05) is 23.8 Å². The minimum Gasteiger partial charge on any atom is -0.384 e.